The van der Waals surface area contributed by atoms with Gasteiger partial charge in [-0.3, -0.25) is 0 Å². The first kappa shape index (κ1) is 22.9. The molecule has 35 heavy (non-hydrogen) atoms. The van der Waals surface area contributed by atoms with Crippen molar-refractivity contribution in [3.63, 3.8) is 0 Å². The summed E-state index contributed by atoms with van der Waals surface area (Å²) in [7, 11) is 1.57. The van der Waals surface area contributed by atoms with Crippen LogP contribution < -0.4 is 20.4 Å². The lowest BCUT2D eigenvalue weighted by Gasteiger charge is -2.37. The highest BCUT2D eigenvalue weighted by Crippen LogP contribution is 2.32. The lowest BCUT2D eigenvalue weighted by atomic mass is 10.0. The van der Waals surface area contributed by atoms with E-state index in [2.05, 4.69) is 32.4 Å². The van der Waals surface area contributed by atoms with Crippen molar-refractivity contribution in [2.24, 2.45) is 0 Å². The maximum absolute atomic E-state index is 13.3. The van der Waals surface area contributed by atoms with E-state index in [1.165, 1.54) is 12.4 Å². The Bertz CT molecular complexity index is 1210. The van der Waals surface area contributed by atoms with Crippen LogP contribution in [0.3, 0.4) is 0 Å². The first-order valence-electron chi connectivity index (χ1n) is 11.6. The van der Waals surface area contributed by atoms with E-state index in [1.807, 2.05) is 29.2 Å². The molecule has 0 radical (unpaired) electrons. The summed E-state index contributed by atoms with van der Waals surface area (Å²) in [6, 6.07) is 7.33. The topological polar surface area (TPSA) is 108 Å². The molecular formula is C24H27FN8O2. The Labute approximate surface area is 202 Å². The van der Waals surface area contributed by atoms with Gasteiger partial charge in [-0.2, -0.15) is 0 Å². The third kappa shape index (κ3) is 4.85. The molecule has 11 heteroatoms. The summed E-state index contributed by atoms with van der Waals surface area (Å²) < 4.78 is 19.0. The molecule has 0 saturated carbocycles. The van der Waals surface area contributed by atoms with Gasteiger partial charge in [-0.1, -0.05) is 0 Å². The van der Waals surface area contributed by atoms with Crippen LogP contribution in [0.15, 0.2) is 36.7 Å². The number of benzene rings is 1. The predicted octanol–water partition coefficient (Wildman–Crippen LogP) is 2.61. The summed E-state index contributed by atoms with van der Waals surface area (Å²) in [6.07, 6.45) is 3.09. The zero-order valence-electron chi connectivity index (χ0n) is 19.7. The van der Waals surface area contributed by atoms with E-state index < -0.39 is 5.82 Å². The molecule has 3 aromatic rings. The molecule has 0 unspecified atom stereocenters. The van der Waals surface area contributed by atoms with Gasteiger partial charge >= 0.3 is 6.03 Å². The first-order valence-corrected chi connectivity index (χ1v) is 11.6. The normalized spacial score (nSPS) is 17.6. The zero-order chi connectivity index (χ0) is 24.4. The van der Waals surface area contributed by atoms with E-state index in [1.54, 1.807) is 7.05 Å². The van der Waals surface area contributed by atoms with Crippen LogP contribution in [0.5, 0.6) is 0 Å². The first-order chi connectivity index (χ1) is 17.0. The molecule has 0 bridgehead atoms. The molecule has 2 aromatic heterocycles. The number of nitrogens with one attached hydrogen (secondary N) is 2. The minimum absolute atomic E-state index is 0.188. The molecule has 1 saturated heterocycles. The minimum Gasteiger partial charge on any atom is -0.377 e. The summed E-state index contributed by atoms with van der Waals surface area (Å²) in [5.74, 6) is 1.54. The number of amides is 2. The van der Waals surface area contributed by atoms with Crippen molar-refractivity contribution in [1.29, 1.82) is 0 Å². The Morgan fingerprint density at radius 3 is 2.63 bits per heavy atom. The summed E-state index contributed by atoms with van der Waals surface area (Å²) in [5, 5.41) is 5.29. The third-order valence-electron chi connectivity index (χ3n) is 6.20. The predicted molar refractivity (Wildman–Crippen MR) is 130 cm³/mol. The fourth-order valence-corrected chi connectivity index (χ4v) is 4.35. The highest BCUT2D eigenvalue weighted by molar-refractivity contribution is 5.89. The van der Waals surface area contributed by atoms with E-state index in [4.69, 9.17) is 14.7 Å². The molecule has 10 nitrogen and oxygen atoms in total. The maximum atomic E-state index is 13.3. The molecule has 1 atom stereocenters. The molecular weight excluding hydrogens is 451 g/mol. The van der Waals surface area contributed by atoms with Crippen LogP contribution in [0.1, 0.15) is 18.2 Å². The third-order valence-corrected chi connectivity index (χ3v) is 6.20. The Morgan fingerprint density at radius 2 is 1.91 bits per heavy atom. The maximum Gasteiger partial charge on any atom is 0.318 e. The number of fused-ring (bicyclic) bond motifs is 1. The number of anilines is 3. The van der Waals surface area contributed by atoms with Crippen LogP contribution in [0.2, 0.25) is 0 Å². The number of morpholine rings is 1. The SMILES string of the molecule is CNC(=O)Nc1ccc(-c2nc3c(c(N4CCOC[C@@H]4C)n2)CCN(c2ncc(F)cn2)C3)cc1. The minimum atomic E-state index is -0.464. The van der Waals surface area contributed by atoms with Gasteiger partial charge in [0.1, 0.15) is 5.82 Å². The van der Waals surface area contributed by atoms with Gasteiger partial charge in [0.25, 0.3) is 0 Å². The Hall–Kier alpha value is -3.86. The zero-order valence-corrected chi connectivity index (χ0v) is 19.7. The van der Waals surface area contributed by atoms with E-state index in [0.717, 1.165) is 35.6 Å². The lowest BCUT2D eigenvalue weighted by molar-refractivity contribution is 0.0984. The molecule has 0 aliphatic carbocycles. The van der Waals surface area contributed by atoms with E-state index >= 15 is 0 Å². The molecule has 2 aliphatic heterocycles. The van der Waals surface area contributed by atoms with E-state index in [-0.39, 0.29) is 12.1 Å². The van der Waals surface area contributed by atoms with Crippen LogP contribution >= 0.6 is 0 Å². The number of rotatable bonds is 4. The molecule has 4 heterocycles. The second-order valence-corrected chi connectivity index (χ2v) is 8.57. The summed E-state index contributed by atoms with van der Waals surface area (Å²) in [5.41, 5.74) is 3.52. The molecule has 0 spiro atoms. The highest BCUT2D eigenvalue weighted by atomic mass is 19.1. The number of carbonyl (C=O) groups excluding carboxylic acids is 1. The van der Waals surface area contributed by atoms with E-state index in [0.29, 0.717) is 43.8 Å². The molecule has 1 aromatic carbocycles. The fourth-order valence-electron chi connectivity index (χ4n) is 4.35. The van der Waals surface area contributed by atoms with Gasteiger partial charge in [0.2, 0.25) is 5.95 Å². The summed E-state index contributed by atoms with van der Waals surface area (Å²) in [6.45, 7) is 5.36. The quantitative estimate of drug-likeness (QED) is 0.589. The van der Waals surface area contributed by atoms with Crippen molar-refractivity contribution in [3.8, 4) is 11.4 Å². The van der Waals surface area contributed by atoms with Crippen molar-refractivity contribution in [2.75, 3.05) is 48.5 Å². The largest absolute Gasteiger partial charge is 0.377 e. The van der Waals surface area contributed by atoms with Crippen molar-refractivity contribution in [2.45, 2.75) is 25.9 Å². The smallest absolute Gasteiger partial charge is 0.318 e. The number of halogens is 1. The summed E-state index contributed by atoms with van der Waals surface area (Å²) in [4.78, 5) is 34.1. The Kier molecular flexibility index (Phi) is 6.41. The van der Waals surface area contributed by atoms with Crippen molar-refractivity contribution < 1.29 is 13.9 Å². The monoisotopic (exact) mass is 478 g/mol. The molecule has 2 aliphatic rings. The van der Waals surface area contributed by atoms with Crippen LogP contribution in [0, 0.1) is 5.82 Å². The van der Waals surface area contributed by atoms with E-state index in [9.17, 15) is 9.18 Å². The number of ether oxygens (including phenoxy) is 1. The second-order valence-electron chi connectivity index (χ2n) is 8.57. The Morgan fingerprint density at radius 1 is 1.14 bits per heavy atom. The fraction of sp³-hybridized carbons (Fsp3) is 0.375. The average molecular weight is 479 g/mol. The van der Waals surface area contributed by atoms with Crippen LogP contribution in [0.4, 0.5) is 26.6 Å². The van der Waals surface area contributed by atoms with Crippen LogP contribution in [0.25, 0.3) is 11.4 Å². The molecule has 5 rings (SSSR count). The summed E-state index contributed by atoms with van der Waals surface area (Å²) >= 11 is 0. The second kappa shape index (κ2) is 9.79. The number of aromatic nitrogens is 4. The van der Waals surface area contributed by atoms with Gasteiger partial charge in [-0.15, -0.1) is 0 Å². The van der Waals surface area contributed by atoms with Crippen LogP contribution in [-0.4, -0.2) is 65.4 Å². The lowest BCUT2D eigenvalue weighted by Crippen LogP contribution is -2.45. The number of hydrogen-bond donors (Lipinski definition) is 2. The van der Waals surface area contributed by atoms with Crippen molar-refractivity contribution in [3.05, 3.63) is 53.7 Å². The molecule has 182 valence electrons. The van der Waals surface area contributed by atoms with Crippen LogP contribution in [-0.2, 0) is 17.7 Å². The highest BCUT2D eigenvalue weighted by Gasteiger charge is 2.29. The van der Waals surface area contributed by atoms with Gasteiger partial charge in [0.05, 0.1) is 43.9 Å². The standard InChI is InChI=1S/C24H27FN8O2/c1-15-14-35-10-9-33(15)22-19-7-8-32(23-27-11-17(25)12-28-23)13-20(19)30-21(31-22)16-3-5-18(6-4-16)29-24(34)26-2/h3-6,11-12,15H,7-10,13-14H2,1-2H3,(H2,26,29,34)/t15-/m0/s1. The van der Waals surface area contributed by atoms with Gasteiger partial charge in [0, 0.05) is 37.0 Å². The van der Waals surface area contributed by atoms with Gasteiger partial charge in [-0.05, 0) is 37.6 Å². The molecule has 2 amide bonds. The number of nitrogens with zero attached hydrogens (tertiary/aromatic N) is 6. The number of carbonyl (C=O) groups is 1. The van der Waals surface area contributed by atoms with Crippen molar-refractivity contribution >= 4 is 23.5 Å². The van der Waals surface area contributed by atoms with Gasteiger partial charge < -0.3 is 25.2 Å². The van der Waals surface area contributed by atoms with Crippen molar-refractivity contribution in [1.82, 2.24) is 25.3 Å². The average Bonchev–Trinajstić information content (AvgIpc) is 2.89. The number of hydrogen-bond acceptors (Lipinski definition) is 8. The van der Waals surface area contributed by atoms with Gasteiger partial charge in [0.15, 0.2) is 11.6 Å². The van der Waals surface area contributed by atoms with Gasteiger partial charge in [-0.25, -0.2) is 29.1 Å². The molecule has 1 fully saturated rings. The molecule has 2 N–H and O–H groups in total. The number of urea groups is 1. The Balaban J connectivity index is 1.51.